The van der Waals surface area contributed by atoms with Gasteiger partial charge in [0.15, 0.2) is 0 Å². The summed E-state index contributed by atoms with van der Waals surface area (Å²) in [6, 6.07) is 0. The maximum Gasteiger partial charge on any atom is 0.307 e. The highest BCUT2D eigenvalue weighted by molar-refractivity contribution is 5.74. The van der Waals surface area contributed by atoms with Crippen molar-refractivity contribution in [2.75, 3.05) is 0 Å². The molecule has 0 unspecified atom stereocenters. The lowest BCUT2D eigenvalue weighted by atomic mass is 9.54. The van der Waals surface area contributed by atoms with Gasteiger partial charge in [0.05, 0.1) is 5.92 Å². The molecule has 4 nitrogen and oxygen atoms in total. The monoisotopic (exact) mass is 186 g/mol. The van der Waals surface area contributed by atoms with E-state index in [4.69, 9.17) is 10.2 Å². The minimum Gasteiger partial charge on any atom is -0.481 e. The van der Waals surface area contributed by atoms with Crippen molar-refractivity contribution < 1.29 is 19.8 Å². The fourth-order valence-electron chi connectivity index (χ4n) is 1.99. The van der Waals surface area contributed by atoms with E-state index in [1.807, 2.05) is 13.8 Å². The number of hydrogen-bond donors (Lipinski definition) is 2. The third-order valence-electron chi connectivity index (χ3n) is 3.19. The molecule has 1 aliphatic carbocycles. The Morgan fingerprint density at radius 2 is 1.92 bits per heavy atom. The zero-order valence-corrected chi connectivity index (χ0v) is 7.78. The predicted molar refractivity (Wildman–Crippen MR) is 45.3 cm³/mol. The SMILES string of the molecule is CC1(C)[C@H](CC(=O)O)C[C@H]1C(=O)O. The third-order valence-corrected chi connectivity index (χ3v) is 3.19. The second-order valence-corrected chi connectivity index (χ2v) is 4.24. The summed E-state index contributed by atoms with van der Waals surface area (Å²) in [7, 11) is 0. The first kappa shape index (κ1) is 10.0. The molecule has 1 saturated carbocycles. The Labute approximate surface area is 76.6 Å². The fraction of sp³-hybridized carbons (Fsp3) is 0.778. The average molecular weight is 186 g/mol. The van der Waals surface area contributed by atoms with Crippen molar-refractivity contribution in [3.63, 3.8) is 0 Å². The van der Waals surface area contributed by atoms with E-state index in [1.54, 1.807) is 0 Å². The van der Waals surface area contributed by atoms with Crippen LogP contribution >= 0.6 is 0 Å². The van der Waals surface area contributed by atoms with Crippen LogP contribution < -0.4 is 0 Å². The Bertz CT molecular complexity index is 244. The molecule has 13 heavy (non-hydrogen) atoms. The van der Waals surface area contributed by atoms with Gasteiger partial charge in [0.25, 0.3) is 0 Å². The first-order chi connectivity index (χ1) is 5.85. The van der Waals surface area contributed by atoms with Gasteiger partial charge < -0.3 is 10.2 Å². The van der Waals surface area contributed by atoms with Crippen LogP contribution in [0.2, 0.25) is 0 Å². The smallest absolute Gasteiger partial charge is 0.307 e. The summed E-state index contributed by atoms with van der Waals surface area (Å²) in [4.78, 5) is 21.1. The number of aliphatic carboxylic acids is 2. The highest BCUT2D eigenvalue weighted by Gasteiger charge is 2.52. The van der Waals surface area contributed by atoms with Gasteiger partial charge in [-0.2, -0.15) is 0 Å². The van der Waals surface area contributed by atoms with Gasteiger partial charge >= 0.3 is 11.9 Å². The lowest BCUT2D eigenvalue weighted by Gasteiger charge is -2.49. The van der Waals surface area contributed by atoms with E-state index in [2.05, 4.69) is 0 Å². The van der Waals surface area contributed by atoms with Gasteiger partial charge in [-0.25, -0.2) is 0 Å². The Hall–Kier alpha value is -1.06. The maximum atomic E-state index is 10.7. The van der Waals surface area contributed by atoms with E-state index in [0.717, 1.165) is 0 Å². The van der Waals surface area contributed by atoms with Crippen molar-refractivity contribution in [2.24, 2.45) is 17.3 Å². The van der Waals surface area contributed by atoms with Gasteiger partial charge in [-0.05, 0) is 17.8 Å². The van der Waals surface area contributed by atoms with Gasteiger partial charge in [-0.1, -0.05) is 13.8 Å². The summed E-state index contributed by atoms with van der Waals surface area (Å²) < 4.78 is 0. The van der Waals surface area contributed by atoms with E-state index in [-0.39, 0.29) is 23.7 Å². The van der Waals surface area contributed by atoms with Crippen LogP contribution in [0.5, 0.6) is 0 Å². The van der Waals surface area contributed by atoms with Crippen molar-refractivity contribution in [1.82, 2.24) is 0 Å². The second kappa shape index (κ2) is 3.01. The molecule has 0 aromatic rings. The molecule has 1 rings (SSSR count). The molecule has 0 radical (unpaired) electrons. The van der Waals surface area contributed by atoms with Crippen LogP contribution in [0.15, 0.2) is 0 Å². The summed E-state index contributed by atoms with van der Waals surface area (Å²) >= 11 is 0. The van der Waals surface area contributed by atoms with Crippen LogP contribution in [0.1, 0.15) is 26.7 Å². The minimum absolute atomic E-state index is 0.00565. The summed E-state index contributed by atoms with van der Waals surface area (Å²) in [5, 5.41) is 17.3. The summed E-state index contributed by atoms with van der Waals surface area (Å²) in [5.74, 6) is -2.03. The van der Waals surface area contributed by atoms with Crippen molar-refractivity contribution in [3.8, 4) is 0 Å². The number of carbonyl (C=O) groups is 2. The largest absolute Gasteiger partial charge is 0.481 e. The number of rotatable bonds is 3. The summed E-state index contributed by atoms with van der Waals surface area (Å²) in [5.41, 5.74) is -0.371. The number of hydrogen-bond acceptors (Lipinski definition) is 2. The highest BCUT2D eigenvalue weighted by Crippen LogP contribution is 2.52. The van der Waals surface area contributed by atoms with E-state index in [9.17, 15) is 9.59 Å². The summed E-state index contributed by atoms with van der Waals surface area (Å²) in [6.45, 7) is 3.64. The Morgan fingerprint density at radius 3 is 2.23 bits per heavy atom. The van der Waals surface area contributed by atoms with Gasteiger partial charge in [0.2, 0.25) is 0 Å². The normalized spacial score (nSPS) is 30.6. The van der Waals surface area contributed by atoms with Gasteiger partial charge in [0, 0.05) is 6.42 Å². The first-order valence-corrected chi connectivity index (χ1v) is 4.30. The molecule has 0 bridgehead atoms. The standard InChI is InChI=1S/C9H14O4/c1-9(2)5(4-7(10)11)3-6(9)8(12)13/h5-6H,3-4H2,1-2H3,(H,10,11)(H,12,13)/t5-,6-/m0/s1. The Morgan fingerprint density at radius 1 is 1.38 bits per heavy atom. The molecule has 74 valence electrons. The van der Waals surface area contributed by atoms with E-state index in [0.29, 0.717) is 6.42 Å². The molecule has 0 saturated heterocycles. The quantitative estimate of drug-likeness (QED) is 0.694. The van der Waals surface area contributed by atoms with Gasteiger partial charge in [-0.3, -0.25) is 9.59 Å². The molecule has 2 N–H and O–H groups in total. The van der Waals surface area contributed by atoms with Gasteiger partial charge in [0.1, 0.15) is 0 Å². The lowest BCUT2D eigenvalue weighted by molar-refractivity contribution is -0.163. The Balaban J connectivity index is 2.59. The predicted octanol–water partition coefficient (Wildman–Crippen LogP) is 1.21. The van der Waals surface area contributed by atoms with Crippen LogP contribution in [0.3, 0.4) is 0 Å². The van der Waals surface area contributed by atoms with E-state index < -0.39 is 11.9 Å². The molecule has 0 heterocycles. The van der Waals surface area contributed by atoms with Gasteiger partial charge in [-0.15, -0.1) is 0 Å². The van der Waals surface area contributed by atoms with Crippen LogP contribution in [-0.4, -0.2) is 22.2 Å². The van der Waals surface area contributed by atoms with Crippen molar-refractivity contribution in [2.45, 2.75) is 26.7 Å². The fourth-order valence-corrected chi connectivity index (χ4v) is 1.99. The molecule has 0 spiro atoms. The van der Waals surface area contributed by atoms with Crippen LogP contribution in [-0.2, 0) is 9.59 Å². The Kier molecular flexibility index (Phi) is 2.32. The van der Waals surface area contributed by atoms with Crippen molar-refractivity contribution >= 4 is 11.9 Å². The molecule has 1 aliphatic rings. The third kappa shape index (κ3) is 1.66. The molecule has 0 aromatic heterocycles. The molecular formula is C9H14O4. The molecule has 0 amide bonds. The zero-order chi connectivity index (χ0) is 10.2. The topological polar surface area (TPSA) is 74.6 Å². The zero-order valence-electron chi connectivity index (χ0n) is 7.78. The van der Waals surface area contributed by atoms with E-state index in [1.165, 1.54) is 0 Å². The molecule has 4 heteroatoms. The number of carboxylic acid groups (broad SMARTS) is 2. The van der Waals surface area contributed by atoms with E-state index >= 15 is 0 Å². The number of carboxylic acids is 2. The second-order valence-electron chi connectivity index (χ2n) is 4.24. The minimum atomic E-state index is -0.845. The molecule has 0 aromatic carbocycles. The molecule has 2 atom stereocenters. The van der Waals surface area contributed by atoms with Crippen molar-refractivity contribution in [1.29, 1.82) is 0 Å². The summed E-state index contributed by atoms with van der Waals surface area (Å²) in [6.07, 6.45) is 0.575. The maximum absolute atomic E-state index is 10.7. The lowest BCUT2D eigenvalue weighted by Crippen LogP contribution is -2.49. The van der Waals surface area contributed by atoms with Crippen LogP contribution in [0.4, 0.5) is 0 Å². The van der Waals surface area contributed by atoms with Crippen LogP contribution in [0, 0.1) is 17.3 Å². The molecule has 0 aliphatic heterocycles. The molecule has 1 fully saturated rings. The van der Waals surface area contributed by atoms with Crippen molar-refractivity contribution in [3.05, 3.63) is 0 Å². The first-order valence-electron chi connectivity index (χ1n) is 4.30. The highest BCUT2D eigenvalue weighted by atomic mass is 16.4. The van der Waals surface area contributed by atoms with Crippen LogP contribution in [0.25, 0.3) is 0 Å². The molecular weight excluding hydrogens is 172 g/mol. The average Bonchev–Trinajstić information content (AvgIpc) is 1.96.